The molecule has 0 aromatic carbocycles. The van der Waals surface area contributed by atoms with Crippen molar-refractivity contribution < 1.29 is 22.0 Å². The monoisotopic (exact) mass is 265 g/mol. The van der Waals surface area contributed by atoms with Gasteiger partial charge in [-0.15, -0.1) is 0 Å². The fraction of sp³-hybridized carbons (Fsp3) is 0.286. The summed E-state index contributed by atoms with van der Waals surface area (Å²) in [6, 6.07) is 0.463. The lowest BCUT2D eigenvalue weighted by Gasteiger charge is -2.11. The predicted octanol–water partition coefficient (Wildman–Crippen LogP) is 4.34. The molecule has 15 heavy (non-hydrogen) atoms. The highest BCUT2D eigenvalue weighted by Crippen LogP contribution is 2.37. The van der Waals surface area contributed by atoms with Gasteiger partial charge in [0.2, 0.25) is 0 Å². The summed E-state index contributed by atoms with van der Waals surface area (Å²) in [5, 5.41) is -1.10. The van der Waals surface area contributed by atoms with Crippen LogP contribution in [0.1, 0.15) is 17.7 Å². The van der Waals surface area contributed by atoms with Crippen LogP contribution < -0.4 is 0 Å². The Hall–Kier alpha value is -0.620. The standard InChI is InChI=1S/C7H2Cl2F5N/c8-3-1-2(6(10)11)4(7(12,13)14)15-5(3)9/h1,6H. The molecule has 0 spiro atoms. The Morgan fingerprint density at radius 3 is 2.13 bits per heavy atom. The first-order chi connectivity index (χ1) is 6.73. The zero-order valence-corrected chi connectivity index (χ0v) is 8.26. The molecule has 1 aromatic heterocycles. The van der Waals surface area contributed by atoms with Gasteiger partial charge in [-0.25, -0.2) is 13.8 Å². The van der Waals surface area contributed by atoms with Gasteiger partial charge in [0.25, 0.3) is 6.43 Å². The number of rotatable bonds is 1. The molecule has 8 heteroatoms. The lowest BCUT2D eigenvalue weighted by Crippen LogP contribution is -2.12. The predicted molar refractivity (Wildman–Crippen MR) is 44.2 cm³/mol. The second-order valence-electron chi connectivity index (χ2n) is 2.50. The van der Waals surface area contributed by atoms with Gasteiger partial charge < -0.3 is 0 Å². The molecule has 0 amide bonds. The van der Waals surface area contributed by atoms with E-state index in [4.69, 9.17) is 23.2 Å². The summed E-state index contributed by atoms with van der Waals surface area (Å²) in [6.07, 6.45) is -8.30. The molecular formula is C7H2Cl2F5N. The summed E-state index contributed by atoms with van der Waals surface area (Å²) in [5.41, 5.74) is -3.00. The van der Waals surface area contributed by atoms with Crippen LogP contribution >= 0.6 is 23.2 Å². The van der Waals surface area contributed by atoms with Gasteiger partial charge in [0.15, 0.2) is 5.69 Å². The lowest BCUT2D eigenvalue weighted by atomic mass is 10.2. The highest BCUT2D eigenvalue weighted by molar-refractivity contribution is 6.41. The van der Waals surface area contributed by atoms with Gasteiger partial charge in [-0.1, -0.05) is 23.2 Å². The van der Waals surface area contributed by atoms with Gasteiger partial charge in [0.1, 0.15) is 5.15 Å². The van der Waals surface area contributed by atoms with Crippen LogP contribution in [0.25, 0.3) is 0 Å². The Labute approximate surface area is 90.8 Å². The summed E-state index contributed by atoms with van der Waals surface area (Å²) in [7, 11) is 0. The molecular weight excluding hydrogens is 264 g/mol. The van der Waals surface area contributed by atoms with E-state index in [0.29, 0.717) is 6.07 Å². The first-order valence-corrected chi connectivity index (χ1v) is 4.20. The van der Waals surface area contributed by atoms with Crippen molar-refractivity contribution in [3.63, 3.8) is 0 Å². The highest BCUT2D eigenvalue weighted by Gasteiger charge is 2.38. The van der Waals surface area contributed by atoms with E-state index in [1.165, 1.54) is 0 Å². The smallest absolute Gasteiger partial charge is 0.230 e. The van der Waals surface area contributed by atoms with Gasteiger partial charge in [-0.3, -0.25) is 0 Å². The van der Waals surface area contributed by atoms with E-state index < -0.39 is 34.0 Å². The topological polar surface area (TPSA) is 12.9 Å². The molecule has 0 aliphatic heterocycles. The van der Waals surface area contributed by atoms with Gasteiger partial charge in [-0.2, -0.15) is 13.2 Å². The molecule has 0 fully saturated rings. The lowest BCUT2D eigenvalue weighted by molar-refractivity contribution is -0.143. The van der Waals surface area contributed by atoms with Gasteiger partial charge in [0.05, 0.1) is 10.6 Å². The number of nitrogens with zero attached hydrogens (tertiary/aromatic N) is 1. The van der Waals surface area contributed by atoms with Crippen LogP contribution in [-0.4, -0.2) is 4.98 Å². The van der Waals surface area contributed by atoms with Gasteiger partial charge in [0, 0.05) is 0 Å². The summed E-state index contributed by atoms with van der Waals surface area (Å²) in [6.45, 7) is 0. The molecule has 0 unspecified atom stereocenters. The van der Waals surface area contributed by atoms with Crippen molar-refractivity contribution in [1.29, 1.82) is 0 Å². The van der Waals surface area contributed by atoms with Crippen molar-refractivity contribution >= 4 is 23.2 Å². The molecule has 0 aliphatic rings. The molecule has 0 radical (unpaired) electrons. The first-order valence-electron chi connectivity index (χ1n) is 3.44. The number of aromatic nitrogens is 1. The number of alkyl halides is 5. The first kappa shape index (κ1) is 12.4. The van der Waals surface area contributed by atoms with Crippen LogP contribution in [0.4, 0.5) is 22.0 Å². The van der Waals surface area contributed by atoms with E-state index >= 15 is 0 Å². The quantitative estimate of drug-likeness (QED) is 0.544. The Balaban J connectivity index is 3.42. The average Bonchev–Trinajstić information content (AvgIpc) is 2.06. The molecule has 0 saturated carbocycles. The zero-order valence-electron chi connectivity index (χ0n) is 6.75. The van der Waals surface area contributed by atoms with Crippen LogP contribution in [0.2, 0.25) is 10.2 Å². The minimum atomic E-state index is -4.99. The highest BCUT2D eigenvalue weighted by atomic mass is 35.5. The minimum absolute atomic E-state index is 0.444. The molecule has 0 aliphatic carbocycles. The summed E-state index contributed by atoms with van der Waals surface area (Å²) in [5.74, 6) is 0. The van der Waals surface area contributed by atoms with Crippen molar-refractivity contribution in [2.24, 2.45) is 0 Å². The van der Waals surface area contributed by atoms with Crippen molar-refractivity contribution in [1.82, 2.24) is 4.98 Å². The van der Waals surface area contributed by atoms with Gasteiger partial charge in [-0.05, 0) is 6.07 Å². The minimum Gasteiger partial charge on any atom is -0.230 e. The Morgan fingerprint density at radius 1 is 1.20 bits per heavy atom. The molecule has 0 saturated heterocycles. The maximum Gasteiger partial charge on any atom is 0.433 e. The Bertz CT molecular complexity index is 376. The maximum absolute atomic E-state index is 12.2. The van der Waals surface area contributed by atoms with E-state index in [1.54, 1.807) is 0 Å². The second kappa shape index (κ2) is 4.09. The molecule has 84 valence electrons. The third-order valence-corrected chi connectivity index (χ3v) is 2.14. The SMILES string of the molecule is FC(F)c1cc(Cl)c(Cl)nc1C(F)(F)F. The normalized spacial score (nSPS) is 12.3. The third-order valence-electron chi connectivity index (χ3n) is 1.47. The summed E-state index contributed by atoms with van der Waals surface area (Å²) < 4.78 is 61.1. The molecule has 1 heterocycles. The molecule has 1 rings (SSSR count). The van der Waals surface area contributed by atoms with Crippen LogP contribution in [0.5, 0.6) is 0 Å². The number of hydrogen-bond donors (Lipinski definition) is 0. The fourth-order valence-corrected chi connectivity index (χ4v) is 1.17. The maximum atomic E-state index is 12.2. The fourth-order valence-electron chi connectivity index (χ4n) is 0.874. The average molecular weight is 266 g/mol. The summed E-state index contributed by atoms with van der Waals surface area (Å²) in [4.78, 5) is 2.79. The molecule has 1 nitrogen and oxygen atoms in total. The third kappa shape index (κ3) is 2.69. The van der Waals surface area contributed by atoms with Crippen LogP contribution in [0.15, 0.2) is 6.07 Å². The Kier molecular flexibility index (Phi) is 3.40. The van der Waals surface area contributed by atoms with E-state index in [0.717, 1.165) is 0 Å². The largest absolute Gasteiger partial charge is 0.433 e. The Morgan fingerprint density at radius 2 is 1.73 bits per heavy atom. The van der Waals surface area contributed by atoms with Gasteiger partial charge >= 0.3 is 6.18 Å². The van der Waals surface area contributed by atoms with Crippen molar-refractivity contribution in [2.75, 3.05) is 0 Å². The molecule has 0 bridgehead atoms. The number of halogens is 7. The zero-order chi connectivity index (χ0) is 11.8. The molecule has 1 aromatic rings. The van der Waals surface area contributed by atoms with Crippen molar-refractivity contribution in [2.45, 2.75) is 12.6 Å². The van der Waals surface area contributed by atoms with E-state index in [9.17, 15) is 22.0 Å². The van der Waals surface area contributed by atoms with E-state index in [-0.39, 0.29) is 0 Å². The second-order valence-corrected chi connectivity index (χ2v) is 3.26. The number of pyridine rings is 1. The van der Waals surface area contributed by atoms with Crippen LogP contribution in [0.3, 0.4) is 0 Å². The van der Waals surface area contributed by atoms with E-state index in [2.05, 4.69) is 4.98 Å². The van der Waals surface area contributed by atoms with Crippen LogP contribution in [0, 0.1) is 0 Å². The molecule has 0 N–H and O–H groups in total. The van der Waals surface area contributed by atoms with Crippen molar-refractivity contribution in [3.8, 4) is 0 Å². The van der Waals surface area contributed by atoms with E-state index in [1.807, 2.05) is 0 Å². The van der Waals surface area contributed by atoms with Crippen LogP contribution in [-0.2, 0) is 6.18 Å². The van der Waals surface area contributed by atoms with Crippen molar-refractivity contribution in [3.05, 3.63) is 27.5 Å². The summed E-state index contributed by atoms with van der Waals surface area (Å²) >= 11 is 10.5. The number of hydrogen-bond acceptors (Lipinski definition) is 1. The molecule has 0 atom stereocenters.